The molecule has 0 aliphatic heterocycles. The molecule has 0 amide bonds. The third-order valence-corrected chi connectivity index (χ3v) is 4.92. The molecule has 1 aromatic carbocycles. The summed E-state index contributed by atoms with van der Waals surface area (Å²) in [5.74, 6) is -0.0876. The van der Waals surface area contributed by atoms with Gasteiger partial charge in [0.05, 0.1) is 17.5 Å². The lowest BCUT2D eigenvalue weighted by molar-refractivity contribution is 0.386. The van der Waals surface area contributed by atoms with E-state index in [1.54, 1.807) is 17.4 Å². The van der Waals surface area contributed by atoms with E-state index in [9.17, 15) is 4.39 Å². The first-order valence-corrected chi connectivity index (χ1v) is 7.75. The van der Waals surface area contributed by atoms with E-state index < -0.39 is 0 Å². The van der Waals surface area contributed by atoms with Gasteiger partial charge in [0, 0.05) is 16.6 Å². The van der Waals surface area contributed by atoms with Crippen LogP contribution in [-0.4, -0.2) is 7.11 Å². The van der Waals surface area contributed by atoms with Crippen LogP contribution in [0.15, 0.2) is 24.3 Å². The summed E-state index contributed by atoms with van der Waals surface area (Å²) in [6.07, 6.45) is 3.25. The molecule has 0 fully saturated rings. The van der Waals surface area contributed by atoms with Crippen LogP contribution in [0.2, 0.25) is 4.34 Å². The maximum atomic E-state index is 13.7. The van der Waals surface area contributed by atoms with E-state index in [0.29, 0.717) is 0 Å². The number of fused-ring (bicyclic) bond motifs is 1. The highest BCUT2D eigenvalue weighted by Gasteiger charge is 2.22. The van der Waals surface area contributed by atoms with Crippen LogP contribution in [0.25, 0.3) is 0 Å². The molecule has 1 aromatic heterocycles. The number of ether oxygens (including phenoxy) is 1. The van der Waals surface area contributed by atoms with E-state index in [1.165, 1.54) is 23.6 Å². The highest BCUT2D eigenvalue weighted by atomic mass is 35.5. The first-order valence-electron chi connectivity index (χ1n) is 6.55. The SMILES string of the molecule is COc1ccc(NC2CCCc3sc(Cl)cc32)cc1F. The zero-order valence-electron chi connectivity index (χ0n) is 11.1. The van der Waals surface area contributed by atoms with Gasteiger partial charge in [-0.1, -0.05) is 11.6 Å². The van der Waals surface area contributed by atoms with Crippen molar-refractivity contribution in [2.24, 2.45) is 0 Å². The van der Waals surface area contributed by atoms with E-state index in [1.807, 2.05) is 12.1 Å². The first-order chi connectivity index (χ1) is 9.67. The van der Waals surface area contributed by atoms with Gasteiger partial charge in [-0.3, -0.25) is 0 Å². The molecule has 1 N–H and O–H groups in total. The summed E-state index contributed by atoms with van der Waals surface area (Å²) in [7, 11) is 1.46. The van der Waals surface area contributed by atoms with Crippen molar-refractivity contribution in [3.05, 3.63) is 44.9 Å². The van der Waals surface area contributed by atoms with Crippen LogP contribution >= 0.6 is 22.9 Å². The standard InChI is InChI=1S/C15H15ClFNOS/c1-19-13-6-5-9(7-11(13)17)18-12-3-2-4-14-10(12)8-15(16)20-14/h5-8,12,18H,2-4H2,1H3. The summed E-state index contributed by atoms with van der Waals surface area (Å²) < 4.78 is 19.5. The number of anilines is 1. The zero-order chi connectivity index (χ0) is 14.1. The van der Waals surface area contributed by atoms with Crippen LogP contribution in [0, 0.1) is 5.82 Å². The minimum absolute atomic E-state index is 0.204. The molecule has 0 saturated heterocycles. The first kappa shape index (κ1) is 13.7. The minimum Gasteiger partial charge on any atom is -0.494 e. The van der Waals surface area contributed by atoms with Crippen molar-refractivity contribution in [1.82, 2.24) is 0 Å². The number of benzene rings is 1. The monoisotopic (exact) mass is 311 g/mol. The van der Waals surface area contributed by atoms with Crippen molar-refractivity contribution < 1.29 is 9.13 Å². The van der Waals surface area contributed by atoms with Gasteiger partial charge < -0.3 is 10.1 Å². The highest BCUT2D eigenvalue weighted by Crippen LogP contribution is 2.39. The van der Waals surface area contributed by atoms with Gasteiger partial charge in [-0.05, 0) is 43.0 Å². The smallest absolute Gasteiger partial charge is 0.167 e. The third kappa shape index (κ3) is 2.63. The van der Waals surface area contributed by atoms with E-state index in [-0.39, 0.29) is 17.6 Å². The molecule has 1 atom stereocenters. The van der Waals surface area contributed by atoms with Crippen LogP contribution in [0.5, 0.6) is 5.75 Å². The van der Waals surface area contributed by atoms with E-state index in [2.05, 4.69) is 5.32 Å². The quantitative estimate of drug-likeness (QED) is 0.857. The van der Waals surface area contributed by atoms with Crippen molar-refractivity contribution >= 4 is 28.6 Å². The van der Waals surface area contributed by atoms with Crippen LogP contribution in [0.4, 0.5) is 10.1 Å². The summed E-state index contributed by atoms with van der Waals surface area (Å²) in [6, 6.07) is 7.18. The Labute approximate surface area is 126 Å². The summed E-state index contributed by atoms with van der Waals surface area (Å²) >= 11 is 7.74. The number of nitrogens with one attached hydrogen (secondary N) is 1. The second-order valence-corrected chi connectivity index (χ2v) is 6.64. The molecule has 0 bridgehead atoms. The summed E-state index contributed by atoms with van der Waals surface area (Å²) in [5, 5.41) is 3.39. The minimum atomic E-state index is -0.350. The number of thiophene rings is 1. The lowest BCUT2D eigenvalue weighted by Gasteiger charge is -2.24. The third-order valence-electron chi connectivity index (χ3n) is 3.58. The topological polar surface area (TPSA) is 21.3 Å². The molecule has 0 radical (unpaired) electrons. The molecule has 106 valence electrons. The molecule has 1 aliphatic carbocycles. The molecule has 0 saturated carbocycles. The molecule has 2 nitrogen and oxygen atoms in total. The number of methoxy groups -OCH3 is 1. The van der Waals surface area contributed by atoms with E-state index in [0.717, 1.165) is 29.3 Å². The van der Waals surface area contributed by atoms with Crippen LogP contribution in [-0.2, 0) is 6.42 Å². The Morgan fingerprint density at radius 2 is 2.25 bits per heavy atom. The Kier molecular flexibility index (Phi) is 3.85. The molecule has 3 rings (SSSR count). The Balaban J connectivity index is 1.83. The van der Waals surface area contributed by atoms with E-state index in [4.69, 9.17) is 16.3 Å². The summed E-state index contributed by atoms with van der Waals surface area (Å²) in [4.78, 5) is 1.34. The summed E-state index contributed by atoms with van der Waals surface area (Å²) in [6.45, 7) is 0. The average molecular weight is 312 g/mol. The fraction of sp³-hybridized carbons (Fsp3) is 0.333. The molecular weight excluding hydrogens is 297 g/mol. The molecule has 1 heterocycles. The Morgan fingerprint density at radius 1 is 1.40 bits per heavy atom. The fourth-order valence-corrected chi connectivity index (χ4v) is 4.01. The average Bonchev–Trinajstić information content (AvgIpc) is 2.80. The second-order valence-electron chi connectivity index (χ2n) is 4.87. The van der Waals surface area contributed by atoms with E-state index >= 15 is 0 Å². The Morgan fingerprint density at radius 3 is 3.00 bits per heavy atom. The molecular formula is C15H15ClFNOS. The van der Waals surface area contributed by atoms with Gasteiger partial charge in [0.15, 0.2) is 11.6 Å². The van der Waals surface area contributed by atoms with Crippen molar-refractivity contribution in [1.29, 1.82) is 0 Å². The predicted octanol–water partition coefficient (Wildman–Crippen LogP) is 5.04. The normalized spacial score (nSPS) is 17.6. The van der Waals surface area contributed by atoms with Gasteiger partial charge in [0.2, 0.25) is 0 Å². The molecule has 20 heavy (non-hydrogen) atoms. The fourth-order valence-electron chi connectivity index (χ4n) is 2.63. The number of rotatable bonds is 3. The van der Waals surface area contributed by atoms with Gasteiger partial charge >= 0.3 is 0 Å². The van der Waals surface area contributed by atoms with Crippen molar-refractivity contribution in [2.45, 2.75) is 25.3 Å². The second kappa shape index (κ2) is 5.62. The largest absolute Gasteiger partial charge is 0.494 e. The zero-order valence-corrected chi connectivity index (χ0v) is 12.7. The van der Waals surface area contributed by atoms with Gasteiger partial charge in [0.25, 0.3) is 0 Å². The summed E-state index contributed by atoms with van der Waals surface area (Å²) in [5.41, 5.74) is 2.02. The number of halogens is 2. The predicted molar refractivity (Wildman–Crippen MR) is 81.6 cm³/mol. The maximum absolute atomic E-state index is 13.7. The Bertz CT molecular complexity index is 628. The van der Waals surface area contributed by atoms with Crippen LogP contribution in [0.1, 0.15) is 29.3 Å². The number of hydrogen-bond acceptors (Lipinski definition) is 3. The van der Waals surface area contributed by atoms with Crippen LogP contribution < -0.4 is 10.1 Å². The molecule has 5 heteroatoms. The van der Waals surface area contributed by atoms with Gasteiger partial charge in [0.1, 0.15) is 0 Å². The van der Waals surface area contributed by atoms with Crippen molar-refractivity contribution in [3.8, 4) is 5.75 Å². The lowest BCUT2D eigenvalue weighted by Crippen LogP contribution is -2.15. The Hall–Kier alpha value is -1.26. The molecule has 1 aliphatic rings. The highest BCUT2D eigenvalue weighted by molar-refractivity contribution is 7.16. The van der Waals surface area contributed by atoms with Crippen LogP contribution in [0.3, 0.4) is 0 Å². The van der Waals surface area contributed by atoms with Crippen molar-refractivity contribution in [2.75, 3.05) is 12.4 Å². The molecule has 0 spiro atoms. The lowest BCUT2D eigenvalue weighted by atomic mass is 9.94. The number of hydrogen-bond donors (Lipinski definition) is 1. The van der Waals surface area contributed by atoms with Gasteiger partial charge in [-0.15, -0.1) is 11.3 Å². The number of aryl methyl sites for hydroxylation is 1. The van der Waals surface area contributed by atoms with Crippen molar-refractivity contribution in [3.63, 3.8) is 0 Å². The van der Waals surface area contributed by atoms with Gasteiger partial charge in [-0.25, -0.2) is 4.39 Å². The van der Waals surface area contributed by atoms with Gasteiger partial charge in [-0.2, -0.15) is 0 Å². The maximum Gasteiger partial charge on any atom is 0.167 e. The molecule has 1 unspecified atom stereocenters. The molecule has 2 aromatic rings.